The molecule has 2 fully saturated rings. The van der Waals surface area contributed by atoms with Crippen LogP contribution in [0.1, 0.15) is 85.5 Å². The van der Waals surface area contributed by atoms with Crippen LogP contribution in [0.4, 0.5) is 0 Å². The number of carbonyl (C=O) groups is 1. The van der Waals surface area contributed by atoms with E-state index in [4.69, 9.17) is 4.43 Å². The van der Waals surface area contributed by atoms with Crippen LogP contribution in [0.3, 0.4) is 0 Å². The van der Waals surface area contributed by atoms with Gasteiger partial charge in [-0.15, -0.1) is 0 Å². The summed E-state index contributed by atoms with van der Waals surface area (Å²) in [4.78, 5) is 13.2. The summed E-state index contributed by atoms with van der Waals surface area (Å²) in [5, 5.41) is 12.1. The molecule has 3 aliphatic rings. The van der Waals surface area contributed by atoms with Crippen LogP contribution in [0.5, 0.6) is 0 Å². The Morgan fingerprint density at radius 3 is 2.42 bits per heavy atom. The van der Waals surface area contributed by atoms with Crippen molar-refractivity contribution < 1.29 is 14.3 Å². The van der Waals surface area contributed by atoms with Gasteiger partial charge in [0.15, 0.2) is 14.1 Å². The van der Waals surface area contributed by atoms with Crippen molar-refractivity contribution in [1.82, 2.24) is 0 Å². The standard InChI is InChI=1S/C29H46O3Si/c1-7-8-13-16-24-27(30)25-22-17-18-23(21-22)26(25)29(24,31)19-14-11-9-10-12-15-20-32-33(5,6)28(2,3)4/h16-18,22-23,25-26,31H,7,9-12,14-15,19-21H2,1-6H3/b24-16+/t22-,23+,25-,26+,29-/m0/s1. The molecule has 0 aliphatic heterocycles. The summed E-state index contributed by atoms with van der Waals surface area (Å²) < 4.78 is 6.28. The molecule has 3 nitrogen and oxygen atoms in total. The molecule has 0 amide bonds. The summed E-state index contributed by atoms with van der Waals surface area (Å²) in [7, 11) is -1.63. The van der Waals surface area contributed by atoms with Crippen molar-refractivity contribution in [3.05, 3.63) is 23.8 Å². The number of rotatable bonds is 10. The molecule has 0 heterocycles. The number of allylic oxidation sites excluding steroid dienone is 3. The van der Waals surface area contributed by atoms with Crippen LogP contribution in [0.2, 0.25) is 18.1 Å². The number of Topliss-reactive ketones (excluding diaryl/α,β-unsaturated/α-hetero) is 1. The highest BCUT2D eigenvalue weighted by molar-refractivity contribution is 6.74. The molecular formula is C29H46O3Si. The first kappa shape index (κ1) is 26.5. The Kier molecular flexibility index (Phi) is 8.52. The van der Waals surface area contributed by atoms with Gasteiger partial charge < -0.3 is 9.53 Å². The zero-order valence-corrected chi connectivity index (χ0v) is 22.9. The third-order valence-electron chi connectivity index (χ3n) is 8.76. The molecule has 0 aromatic carbocycles. The molecule has 3 rings (SSSR count). The first-order valence-electron chi connectivity index (χ1n) is 13.3. The lowest BCUT2D eigenvalue weighted by Crippen LogP contribution is -2.40. The van der Waals surface area contributed by atoms with E-state index in [1.165, 1.54) is 19.3 Å². The molecule has 3 aliphatic carbocycles. The molecule has 1 N–H and O–H groups in total. The van der Waals surface area contributed by atoms with E-state index < -0.39 is 13.9 Å². The van der Waals surface area contributed by atoms with Gasteiger partial charge in [-0.25, -0.2) is 0 Å². The second kappa shape index (κ2) is 10.6. The zero-order valence-electron chi connectivity index (χ0n) is 21.9. The summed E-state index contributed by atoms with van der Waals surface area (Å²) >= 11 is 0. The number of hydrogen-bond acceptors (Lipinski definition) is 3. The molecule has 0 aromatic heterocycles. The van der Waals surface area contributed by atoms with E-state index in [0.29, 0.717) is 23.8 Å². The van der Waals surface area contributed by atoms with Gasteiger partial charge in [0.05, 0.1) is 5.60 Å². The number of aliphatic hydroxyl groups is 1. The fourth-order valence-corrected chi connectivity index (χ4v) is 6.96. The van der Waals surface area contributed by atoms with E-state index in [1.807, 2.05) is 6.92 Å². The van der Waals surface area contributed by atoms with Crippen molar-refractivity contribution in [2.45, 2.75) is 109 Å². The zero-order chi connectivity index (χ0) is 24.3. The summed E-state index contributed by atoms with van der Waals surface area (Å²) in [6.07, 6.45) is 15.5. The lowest BCUT2D eigenvalue weighted by molar-refractivity contribution is -0.119. The molecule has 184 valence electrons. The van der Waals surface area contributed by atoms with E-state index in [1.54, 1.807) is 6.08 Å². The second-order valence-electron chi connectivity index (χ2n) is 12.0. The van der Waals surface area contributed by atoms with Crippen LogP contribution >= 0.6 is 0 Å². The summed E-state index contributed by atoms with van der Waals surface area (Å²) in [5.74, 6) is 6.93. The molecule has 5 atom stereocenters. The average molecular weight is 471 g/mol. The van der Waals surface area contributed by atoms with E-state index in [9.17, 15) is 9.90 Å². The van der Waals surface area contributed by atoms with Gasteiger partial charge in [0, 0.05) is 30.4 Å². The third-order valence-corrected chi connectivity index (χ3v) is 13.3. The van der Waals surface area contributed by atoms with Gasteiger partial charge in [0.25, 0.3) is 0 Å². The van der Waals surface area contributed by atoms with Crippen LogP contribution in [0.25, 0.3) is 0 Å². The van der Waals surface area contributed by atoms with Gasteiger partial charge in [-0.2, -0.15) is 0 Å². The summed E-state index contributed by atoms with van der Waals surface area (Å²) in [5.41, 5.74) is -0.398. The van der Waals surface area contributed by atoms with Crippen molar-refractivity contribution in [3.63, 3.8) is 0 Å². The van der Waals surface area contributed by atoms with Gasteiger partial charge >= 0.3 is 0 Å². The van der Waals surface area contributed by atoms with Crippen LogP contribution in [-0.4, -0.2) is 31.4 Å². The number of fused-ring (bicyclic) bond motifs is 5. The summed E-state index contributed by atoms with van der Waals surface area (Å²) in [6.45, 7) is 14.4. The molecule has 4 heteroatoms. The maximum atomic E-state index is 13.2. The maximum Gasteiger partial charge on any atom is 0.191 e. The van der Waals surface area contributed by atoms with Gasteiger partial charge in [-0.3, -0.25) is 4.79 Å². The van der Waals surface area contributed by atoms with Crippen molar-refractivity contribution >= 4 is 14.1 Å². The van der Waals surface area contributed by atoms with E-state index in [0.717, 1.165) is 38.7 Å². The Hall–Kier alpha value is -1.15. The maximum absolute atomic E-state index is 13.2. The molecule has 2 bridgehead atoms. The number of ketones is 1. The Morgan fingerprint density at radius 2 is 1.76 bits per heavy atom. The largest absolute Gasteiger partial charge is 0.417 e. The van der Waals surface area contributed by atoms with Gasteiger partial charge in [0.1, 0.15) is 0 Å². The molecule has 33 heavy (non-hydrogen) atoms. The van der Waals surface area contributed by atoms with Crippen LogP contribution in [-0.2, 0) is 9.22 Å². The topological polar surface area (TPSA) is 46.5 Å². The Morgan fingerprint density at radius 1 is 1.12 bits per heavy atom. The molecule has 0 aromatic rings. The highest BCUT2D eigenvalue weighted by Crippen LogP contribution is 2.60. The van der Waals surface area contributed by atoms with Crippen LogP contribution in [0.15, 0.2) is 23.8 Å². The second-order valence-corrected chi connectivity index (χ2v) is 16.8. The van der Waals surface area contributed by atoms with Crippen molar-refractivity contribution in [3.8, 4) is 11.8 Å². The van der Waals surface area contributed by atoms with E-state index in [-0.39, 0.29) is 22.7 Å². The lowest BCUT2D eigenvalue weighted by atomic mass is 9.75. The fourth-order valence-electron chi connectivity index (χ4n) is 5.87. The summed E-state index contributed by atoms with van der Waals surface area (Å²) in [6, 6.07) is 0. The Bertz CT molecular complexity index is 822. The third kappa shape index (κ3) is 5.58. The Labute approximate surface area is 203 Å². The van der Waals surface area contributed by atoms with Gasteiger partial charge in [0.2, 0.25) is 0 Å². The SMILES string of the molecule is CCC#C/C=C1\C(=O)[C@@H]2[C@@H]([C@@H]3C=C[C@H]2C3)[C@]1(O)CCCCCCCCO[Si](C)(C)C(C)(C)C. The molecule has 2 saturated carbocycles. The van der Waals surface area contributed by atoms with Crippen LogP contribution in [0, 0.1) is 35.5 Å². The minimum atomic E-state index is -1.63. The molecule has 0 saturated heterocycles. The monoisotopic (exact) mass is 470 g/mol. The molecular weight excluding hydrogens is 424 g/mol. The van der Waals surface area contributed by atoms with Gasteiger partial charge in [-0.1, -0.05) is 83.8 Å². The van der Waals surface area contributed by atoms with Crippen molar-refractivity contribution in [2.75, 3.05) is 6.61 Å². The predicted octanol–water partition coefficient (Wildman–Crippen LogP) is 6.83. The first-order chi connectivity index (χ1) is 15.5. The highest BCUT2D eigenvalue weighted by atomic mass is 28.4. The number of unbranched alkanes of at least 4 members (excludes halogenated alkanes) is 5. The number of carbonyl (C=O) groups excluding carboxylic acids is 1. The first-order valence-corrected chi connectivity index (χ1v) is 16.2. The Balaban J connectivity index is 1.45. The molecule has 0 spiro atoms. The van der Waals surface area contributed by atoms with Crippen LogP contribution < -0.4 is 0 Å². The molecule has 0 radical (unpaired) electrons. The molecule has 0 unspecified atom stereocenters. The highest BCUT2D eigenvalue weighted by Gasteiger charge is 2.64. The van der Waals surface area contributed by atoms with E-state index in [2.05, 4.69) is 57.9 Å². The van der Waals surface area contributed by atoms with Crippen molar-refractivity contribution in [1.29, 1.82) is 0 Å². The number of hydrogen-bond donors (Lipinski definition) is 1. The fraction of sp³-hybridized carbons (Fsp3) is 0.759. The van der Waals surface area contributed by atoms with Crippen molar-refractivity contribution in [2.24, 2.45) is 23.7 Å². The minimum Gasteiger partial charge on any atom is -0.417 e. The minimum absolute atomic E-state index is 0.0272. The lowest BCUT2D eigenvalue weighted by Gasteiger charge is -2.36. The van der Waals surface area contributed by atoms with E-state index >= 15 is 0 Å². The van der Waals surface area contributed by atoms with Gasteiger partial charge in [-0.05, 0) is 55.3 Å². The normalized spacial score (nSPS) is 31.8. The smallest absolute Gasteiger partial charge is 0.191 e. The quantitative estimate of drug-likeness (QED) is 0.125. The predicted molar refractivity (Wildman–Crippen MR) is 139 cm³/mol. The average Bonchev–Trinajstić information content (AvgIpc) is 3.41.